The summed E-state index contributed by atoms with van der Waals surface area (Å²) in [7, 11) is 0. The molecule has 0 bridgehead atoms. The maximum atomic E-state index is 12.8. The van der Waals surface area contributed by atoms with Gasteiger partial charge in [0, 0.05) is 19.5 Å². The van der Waals surface area contributed by atoms with E-state index in [0.717, 1.165) is 25.7 Å². The van der Waals surface area contributed by atoms with Crippen LogP contribution >= 0.6 is 0 Å². The van der Waals surface area contributed by atoms with Crippen LogP contribution in [0, 0.1) is 5.92 Å². The van der Waals surface area contributed by atoms with Gasteiger partial charge in [-0.25, -0.2) is 9.59 Å². The molecule has 0 aromatic rings. The van der Waals surface area contributed by atoms with Crippen LogP contribution in [0.1, 0.15) is 44.9 Å². The lowest BCUT2D eigenvalue weighted by atomic mass is 9.85. The molecule has 1 saturated carbocycles. The summed E-state index contributed by atoms with van der Waals surface area (Å²) in [6.45, 7) is 1.75. The van der Waals surface area contributed by atoms with Gasteiger partial charge in [0.05, 0.1) is 13.2 Å². The van der Waals surface area contributed by atoms with Crippen LogP contribution < -0.4 is 5.32 Å². The highest BCUT2D eigenvalue weighted by Crippen LogP contribution is 2.28. The average molecular weight is 384 g/mol. The number of ether oxygens (including phenoxy) is 2. The molecule has 9 nitrogen and oxygen atoms in total. The number of amides is 2. The lowest BCUT2D eigenvalue weighted by Crippen LogP contribution is -2.49. The summed E-state index contributed by atoms with van der Waals surface area (Å²) in [6.07, 6.45) is 3.85. The Morgan fingerprint density at radius 2 is 1.85 bits per heavy atom. The van der Waals surface area contributed by atoms with Crippen molar-refractivity contribution in [3.8, 4) is 0 Å². The second-order valence-electron chi connectivity index (χ2n) is 7.01. The van der Waals surface area contributed by atoms with E-state index in [-0.39, 0.29) is 12.3 Å². The van der Waals surface area contributed by atoms with E-state index < -0.39 is 24.2 Å². The second kappa shape index (κ2) is 10.9. The summed E-state index contributed by atoms with van der Waals surface area (Å²) < 4.78 is 10.6. The monoisotopic (exact) mass is 384 g/mol. The molecular formula is C18H28N2O7. The summed E-state index contributed by atoms with van der Waals surface area (Å²) in [5.74, 6) is -1.31. The zero-order valence-electron chi connectivity index (χ0n) is 15.4. The van der Waals surface area contributed by atoms with Crippen molar-refractivity contribution in [3.05, 3.63) is 0 Å². The van der Waals surface area contributed by atoms with Gasteiger partial charge in [0.25, 0.3) is 5.91 Å². The minimum absolute atomic E-state index is 0.277. The number of morpholine rings is 1. The van der Waals surface area contributed by atoms with Gasteiger partial charge in [-0.05, 0) is 12.3 Å². The van der Waals surface area contributed by atoms with Crippen molar-refractivity contribution < 1.29 is 33.8 Å². The number of carbonyl (C=O) groups excluding carboxylic acids is 3. The first kappa shape index (κ1) is 21.1. The molecule has 0 aromatic carbocycles. The number of nitrogens with zero attached hydrogens (tertiary/aromatic N) is 1. The molecule has 1 saturated heterocycles. The first-order chi connectivity index (χ1) is 13.0. The summed E-state index contributed by atoms with van der Waals surface area (Å²) in [5.41, 5.74) is 0. The molecule has 2 fully saturated rings. The van der Waals surface area contributed by atoms with Crippen molar-refractivity contribution in [1.82, 2.24) is 10.2 Å². The van der Waals surface area contributed by atoms with Crippen molar-refractivity contribution in [3.63, 3.8) is 0 Å². The fraction of sp³-hybridized carbons (Fsp3) is 0.778. The first-order valence-electron chi connectivity index (χ1n) is 9.51. The van der Waals surface area contributed by atoms with Gasteiger partial charge in [-0.15, -0.1) is 0 Å². The third-order valence-electron chi connectivity index (χ3n) is 5.04. The molecular weight excluding hydrogens is 356 g/mol. The van der Waals surface area contributed by atoms with E-state index in [2.05, 4.69) is 5.32 Å². The highest BCUT2D eigenvalue weighted by molar-refractivity contribution is 5.86. The Morgan fingerprint density at radius 3 is 2.44 bits per heavy atom. The molecule has 1 aliphatic carbocycles. The number of alkyl carbamates (subject to hydrolysis) is 1. The van der Waals surface area contributed by atoms with Gasteiger partial charge in [0.2, 0.25) is 0 Å². The van der Waals surface area contributed by atoms with Gasteiger partial charge in [0.1, 0.15) is 12.3 Å². The van der Waals surface area contributed by atoms with Gasteiger partial charge < -0.3 is 29.6 Å². The minimum atomic E-state index is -1.37. The molecule has 1 aliphatic heterocycles. The van der Waals surface area contributed by atoms with E-state index in [4.69, 9.17) is 14.6 Å². The third kappa shape index (κ3) is 6.82. The maximum absolute atomic E-state index is 12.8. The summed E-state index contributed by atoms with van der Waals surface area (Å²) in [6, 6.07) is -1.37. The number of carboxylic acids is 1. The van der Waals surface area contributed by atoms with Crippen molar-refractivity contribution in [2.75, 3.05) is 26.3 Å². The summed E-state index contributed by atoms with van der Waals surface area (Å²) in [4.78, 5) is 48.3. The fourth-order valence-electron chi connectivity index (χ4n) is 3.54. The van der Waals surface area contributed by atoms with E-state index in [1.54, 1.807) is 4.90 Å². The fourth-order valence-corrected chi connectivity index (χ4v) is 3.54. The number of carbonyl (C=O) groups is 4. The van der Waals surface area contributed by atoms with Crippen LogP contribution in [0.15, 0.2) is 0 Å². The maximum Gasteiger partial charge on any atom is 0.408 e. The molecule has 2 N–H and O–H groups in total. The lowest BCUT2D eigenvalue weighted by molar-refractivity contribution is -0.145. The van der Waals surface area contributed by atoms with Crippen LogP contribution in [0.5, 0.6) is 0 Å². The molecule has 2 rings (SSSR count). The zero-order chi connectivity index (χ0) is 19.6. The first-order valence-corrected chi connectivity index (χ1v) is 9.51. The van der Waals surface area contributed by atoms with Gasteiger partial charge in [-0.3, -0.25) is 4.79 Å². The number of nitrogens with one attached hydrogen (secondary N) is 1. The number of aliphatic carboxylic acids is 1. The van der Waals surface area contributed by atoms with Crippen molar-refractivity contribution in [2.45, 2.75) is 57.1 Å². The van der Waals surface area contributed by atoms with Gasteiger partial charge in [0.15, 0.2) is 6.10 Å². The normalized spacial score (nSPS) is 20.4. The highest BCUT2D eigenvalue weighted by atomic mass is 16.6. The minimum Gasteiger partial charge on any atom is -0.480 e. The van der Waals surface area contributed by atoms with Crippen LogP contribution in [-0.2, 0) is 23.9 Å². The van der Waals surface area contributed by atoms with Gasteiger partial charge >= 0.3 is 12.1 Å². The highest BCUT2D eigenvalue weighted by Gasteiger charge is 2.32. The molecule has 2 unspecified atom stereocenters. The zero-order valence-corrected chi connectivity index (χ0v) is 15.4. The number of carboxylic acid groups (broad SMARTS) is 1. The van der Waals surface area contributed by atoms with Crippen LogP contribution in [-0.4, -0.2) is 72.7 Å². The average Bonchev–Trinajstić information content (AvgIpc) is 2.68. The van der Waals surface area contributed by atoms with E-state index in [9.17, 15) is 19.2 Å². The molecule has 1 heterocycles. The number of rotatable bonds is 8. The predicted molar refractivity (Wildman–Crippen MR) is 94.1 cm³/mol. The standard InChI is InChI=1S/C18H28N2O7/c21-9-6-14(17(23)24)19-18(25)27-15(12-13-4-2-1-3-5-13)16(22)20-7-10-26-11-8-20/h9,13-15H,1-8,10-12H2,(H,19,25)(H,23,24). The van der Waals surface area contributed by atoms with Crippen molar-refractivity contribution in [2.24, 2.45) is 5.92 Å². The Balaban J connectivity index is 2.00. The summed E-state index contributed by atoms with van der Waals surface area (Å²) in [5, 5.41) is 11.2. The number of hydrogen-bond donors (Lipinski definition) is 2. The molecule has 9 heteroatoms. The van der Waals surface area contributed by atoms with Crippen LogP contribution in [0.3, 0.4) is 0 Å². The van der Waals surface area contributed by atoms with E-state index in [0.29, 0.717) is 44.9 Å². The van der Waals surface area contributed by atoms with Crippen LogP contribution in [0.2, 0.25) is 0 Å². The second-order valence-corrected chi connectivity index (χ2v) is 7.01. The van der Waals surface area contributed by atoms with Crippen LogP contribution in [0.25, 0.3) is 0 Å². The molecule has 152 valence electrons. The molecule has 0 radical (unpaired) electrons. The largest absolute Gasteiger partial charge is 0.480 e. The van der Waals surface area contributed by atoms with Crippen LogP contribution in [0.4, 0.5) is 4.79 Å². The Bertz CT molecular complexity index is 528. The Kier molecular flexibility index (Phi) is 8.50. The van der Waals surface area contributed by atoms with Gasteiger partial charge in [-0.2, -0.15) is 0 Å². The predicted octanol–water partition coefficient (Wildman–Crippen LogP) is 0.953. The molecule has 2 amide bonds. The number of hydrogen-bond acceptors (Lipinski definition) is 6. The molecule has 2 aliphatic rings. The Labute approximate surface area is 158 Å². The lowest BCUT2D eigenvalue weighted by Gasteiger charge is -2.32. The summed E-state index contributed by atoms with van der Waals surface area (Å²) >= 11 is 0. The van der Waals surface area contributed by atoms with E-state index >= 15 is 0 Å². The molecule has 2 atom stereocenters. The molecule has 0 spiro atoms. The topological polar surface area (TPSA) is 122 Å². The number of aldehydes is 1. The Hall–Kier alpha value is -2.16. The van der Waals surface area contributed by atoms with Gasteiger partial charge in [-0.1, -0.05) is 32.1 Å². The third-order valence-corrected chi connectivity index (χ3v) is 5.04. The molecule has 0 aromatic heterocycles. The quantitative estimate of drug-likeness (QED) is 0.598. The van der Waals surface area contributed by atoms with E-state index in [1.165, 1.54) is 6.42 Å². The van der Waals surface area contributed by atoms with Crippen molar-refractivity contribution in [1.29, 1.82) is 0 Å². The van der Waals surface area contributed by atoms with Crippen molar-refractivity contribution >= 4 is 24.3 Å². The smallest absolute Gasteiger partial charge is 0.408 e. The Morgan fingerprint density at radius 1 is 1.19 bits per heavy atom. The SMILES string of the molecule is O=CCC(NC(=O)OC(CC1CCCCC1)C(=O)N1CCOCC1)C(=O)O. The van der Waals surface area contributed by atoms with E-state index in [1.807, 2.05) is 0 Å². The molecule has 27 heavy (non-hydrogen) atoms.